The summed E-state index contributed by atoms with van der Waals surface area (Å²) in [5.41, 5.74) is 5.19. The molecule has 0 atom stereocenters. The van der Waals surface area contributed by atoms with Crippen LogP contribution in [0.5, 0.6) is 0 Å². The topological polar surface area (TPSA) is 67.9 Å². The van der Waals surface area contributed by atoms with Gasteiger partial charge in [-0.05, 0) is 18.2 Å². The molecule has 108 valence electrons. The molecule has 0 spiro atoms. The van der Waals surface area contributed by atoms with Gasteiger partial charge in [0.05, 0.1) is 35.7 Å². The lowest BCUT2D eigenvalue weighted by Gasteiger charge is -2.16. The smallest absolute Gasteiger partial charge is 0.397 e. The lowest BCUT2D eigenvalue weighted by atomic mass is 10.1. The quantitative estimate of drug-likeness (QED) is 0.865. The van der Waals surface area contributed by atoms with Crippen molar-refractivity contribution < 1.29 is 22.7 Å². The highest BCUT2D eigenvalue weighted by molar-refractivity contribution is 6.14. The maximum atomic E-state index is 12.5. The van der Waals surface area contributed by atoms with E-state index in [1.165, 1.54) is 7.11 Å². The maximum absolute atomic E-state index is 12.5. The molecule has 1 aromatic rings. The molecule has 0 saturated carbocycles. The molecule has 2 N–H and O–H groups in total. The van der Waals surface area contributed by atoms with Crippen LogP contribution in [0.1, 0.15) is 12.0 Å². The second-order valence-corrected chi connectivity index (χ2v) is 4.25. The van der Waals surface area contributed by atoms with E-state index in [4.69, 9.17) is 10.5 Å². The number of nitrogens with zero attached hydrogens (tertiary/aromatic N) is 2. The SMILES string of the molecule is COCC1=NN(c2ccc(C(F)(F)F)cc2N)C(=O)C1. The summed E-state index contributed by atoms with van der Waals surface area (Å²) in [6.45, 7) is 0.183. The number of nitrogens with two attached hydrogens (primary N) is 1. The van der Waals surface area contributed by atoms with Crippen LogP contribution in [0.2, 0.25) is 0 Å². The van der Waals surface area contributed by atoms with Gasteiger partial charge in [-0.25, -0.2) is 0 Å². The highest BCUT2D eigenvalue weighted by Crippen LogP contribution is 2.35. The van der Waals surface area contributed by atoms with Crippen LogP contribution < -0.4 is 10.7 Å². The first-order chi connectivity index (χ1) is 9.32. The largest absolute Gasteiger partial charge is 0.416 e. The van der Waals surface area contributed by atoms with Gasteiger partial charge in [0, 0.05) is 7.11 Å². The summed E-state index contributed by atoms with van der Waals surface area (Å²) < 4.78 is 42.5. The molecule has 0 bridgehead atoms. The number of carbonyl (C=O) groups excluding carboxylic acids is 1. The lowest BCUT2D eigenvalue weighted by Crippen LogP contribution is -2.21. The molecule has 0 aliphatic carbocycles. The summed E-state index contributed by atoms with van der Waals surface area (Å²) in [5, 5.41) is 5.00. The molecule has 1 aliphatic rings. The van der Waals surface area contributed by atoms with E-state index in [1.807, 2.05) is 0 Å². The molecule has 5 nitrogen and oxygen atoms in total. The van der Waals surface area contributed by atoms with Gasteiger partial charge in [-0.1, -0.05) is 0 Å². The highest BCUT2D eigenvalue weighted by Gasteiger charge is 2.32. The van der Waals surface area contributed by atoms with Crippen molar-refractivity contribution in [1.29, 1.82) is 0 Å². The Kier molecular flexibility index (Phi) is 3.67. The number of hydrogen-bond acceptors (Lipinski definition) is 4. The average Bonchev–Trinajstić information content (AvgIpc) is 2.69. The Morgan fingerprint density at radius 3 is 2.70 bits per heavy atom. The van der Waals surface area contributed by atoms with E-state index in [2.05, 4.69) is 5.10 Å². The standard InChI is InChI=1S/C12H12F3N3O2/c1-20-6-8-5-11(19)18(17-8)10-3-2-7(4-9(10)16)12(13,14)15/h2-4H,5-6,16H2,1H3. The molecule has 1 aromatic carbocycles. The number of methoxy groups -OCH3 is 1. The molecule has 20 heavy (non-hydrogen) atoms. The van der Waals surface area contributed by atoms with Crippen molar-refractivity contribution in [2.75, 3.05) is 24.5 Å². The number of carbonyl (C=O) groups is 1. The summed E-state index contributed by atoms with van der Waals surface area (Å²) in [5.74, 6) is -0.358. The van der Waals surface area contributed by atoms with Crippen molar-refractivity contribution in [1.82, 2.24) is 0 Å². The van der Waals surface area contributed by atoms with Gasteiger partial charge in [0.25, 0.3) is 5.91 Å². The van der Waals surface area contributed by atoms with Crippen molar-refractivity contribution in [3.05, 3.63) is 23.8 Å². The van der Waals surface area contributed by atoms with Gasteiger partial charge in [-0.15, -0.1) is 0 Å². The van der Waals surface area contributed by atoms with Gasteiger partial charge in [0.2, 0.25) is 0 Å². The number of ether oxygens (including phenoxy) is 1. The van der Waals surface area contributed by atoms with Gasteiger partial charge in [-0.2, -0.15) is 23.3 Å². The zero-order valence-corrected chi connectivity index (χ0v) is 10.6. The van der Waals surface area contributed by atoms with Gasteiger partial charge < -0.3 is 10.5 Å². The summed E-state index contributed by atoms with van der Waals surface area (Å²) in [6, 6.07) is 2.78. The van der Waals surface area contributed by atoms with Crippen LogP contribution in [-0.2, 0) is 15.7 Å². The van der Waals surface area contributed by atoms with Crippen molar-refractivity contribution in [3.8, 4) is 0 Å². The lowest BCUT2D eigenvalue weighted by molar-refractivity contribution is -0.137. The monoisotopic (exact) mass is 287 g/mol. The average molecular weight is 287 g/mol. The Morgan fingerprint density at radius 1 is 1.45 bits per heavy atom. The first-order valence-corrected chi connectivity index (χ1v) is 5.68. The van der Waals surface area contributed by atoms with Crippen molar-refractivity contribution >= 4 is 23.0 Å². The van der Waals surface area contributed by atoms with Crippen molar-refractivity contribution in [2.45, 2.75) is 12.6 Å². The summed E-state index contributed by atoms with van der Waals surface area (Å²) in [4.78, 5) is 11.8. The van der Waals surface area contributed by atoms with Gasteiger partial charge >= 0.3 is 6.18 Å². The fourth-order valence-electron chi connectivity index (χ4n) is 1.84. The number of benzene rings is 1. The molecule has 1 aliphatic heterocycles. The number of amides is 1. The van der Waals surface area contributed by atoms with E-state index in [-0.39, 0.29) is 30.3 Å². The Bertz CT molecular complexity index is 570. The third-order valence-corrected chi connectivity index (χ3v) is 2.73. The molecule has 2 rings (SSSR count). The molecule has 0 aromatic heterocycles. The van der Waals surface area contributed by atoms with Crippen molar-refractivity contribution in [3.63, 3.8) is 0 Å². The van der Waals surface area contributed by atoms with Crippen LogP contribution in [0.3, 0.4) is 0 Å². The number of alkyl halides is 3. The molecule has 0 saturated heterocycles. The summed E-state index contributed by atoms with van der Waals surface area (Å²) >= 11 is 0. The highest BCUT2D eigenvalue weighted by atomic mass is 19.4. The minimum absolute atomic E-state index is 0.0638. The number of anilines is 2. The Morgan fingerprint density at radius 2 is 2.15 bits per heavy atom. The predicted molar refractivity (Wildman–Crippen MR) is 67.3 cm³/mol. The first kappa shape index (κ1) is 14.3. The maximum Gasteiger partial charge on any atom is 0.416 e. The first-order valence-electron chi connectivity index (χ1n) is 5.68. The van der Waals surface area contributed by atoms with Gasteiger partial charge in [-0.3, -0.25) is 4.79 Å². The second-order valence-electron chi connectivity index (χ2n) is 4.25. The number of halogens is 3. The van der Waals surface area contributed by atoms with E-state index in [9.17, 15) is 18.0 Å². The van der Waals surface area contributed by atoms with E-state index >= 15 is 0 Å². The van der Waals surface area contributed by atoms with E-state index in [0.29, 0.717) is 5.71 Å². The van der Waals surface area contributed by atoms with Crippen LogP contribution in [-0.4, -0.2) is 25.3 Å². The fraction of sp³-hybridized carbons (Fsp3) is 0.333. The Balaban J connectivity index is 2.32. The van der Waals surface area contributed by atoms with Crippen molar-refractivity contribution in [2.24, 2.45) is 5.10 Å². The third-order valence-electron chi connectivity index (χ3n) is 2.73. The summed E-state index contributed by atoms with van der Waals surface area (Å²) in [7, 11) is 1.46. The van der Waals surface area contributed by atoms with E-state index < -0.39 is 11.7 Å². The minimum Gasteiger partial charge on any atom is -0.397 e. The molecule has 0 unspecified atom stereocenters. The van der Waals surface area contributed by atoms with Gasteiger partial charge in [0.15, 0.2) is 0 Å². The molecular formula is C12H12F3N3O2. The van der Waals surface area contributed by atoms with Crippen LogP contribution in [0.15, 0.2) is 23.3 Å². The zero-order valence-electron chi connectivity index (χ0n) is 10.6. The normalized spacial score (nSPS) is 15.7. The van der Waals surface area contributed by atoms with Crippen LogP contribution in [0.25, 0.3) is 0 Å². The molecule has 8 heteroatoms. The molecule has 0 radical (unpaired) electrons. The molecule has 1 heterocycles. The van der Waals surface area contributed by atoms with Crippen LogP contribution in [0.4, 0.5) is 24.5 Å². The predicted octanol–water partition coefficient (Wildman–Crippen LogP) is 2.03. The third kappa shape index (κ3) is 2.74. The summed E-state index contributed by atoms with van der Waals surface area (Å²) in [6.07, 6.45) is -4.42. The zero-order chi connectivity index (χ0) is 14.9. The molecular weight excluding hydrogens is 275 g/mol. The van der Waals surface area contributed by atoms with E-state index in [0.717, 1.165) is 23.2 Å². The number of rotatable bonds is 3. The Hall–Kier alpha value is -2.09. The van der Waals surface area contributed by atoms with Crippen LogP contribution in [0, 0.1) is 0 Å². The Labute approximate surface area is 112 Å². The molecule has 0 fully saturated rings. The minimum atomic E-state index is -4.48. The van der Waals surface area contributed by atoms with Crippen LogP contribution >= 0.6 is 0 Å². The fourth-order valence-corrected chi connectivity index (χ4v) is 1.84. The number of nitrogen functional groups attached to an aromatic ring is 1. The second kappa shape index (κ2) is 5.12. The van der Waals surface area contributed by atoms with E-state index in [1.54, 1.807) is 0 Å². The van der Waals surface area contributed by atoms with Gasteiger partial charge in [0.1, 0.15) is 0 Å². The number of hydrazone groups is 1. The number of hydrogen-bond donors (Lipinski definition) is 1. The molecule has 1 amide bonds.